The standard InChI is InChI=1S/C22H20Cl2N4O2S/c1-12(2)14-4-7-16(8-5-14)30-13(3)20(29)25-21-26-22-28(27-21)19(11-31-22)17-9-6-15(23)10-18(17)24/h4-13H,1-3H3,(H,25,27,29). The van der Waals surface area contributed by atoms with Gasteiger partial charge in [0.05, 0.1) is 10.7 Å². The SMILES string of the molecule is CC(Oc1ccc(C(C)C)cc1)C(=O)Nc1nc2scc(-c3ccc(Cl)cc3Cl)n2n1. The van der Waals surface area contributed by atoms with Crippen molar-refractivity contribution in [1.29, 1.82) is 0 Å². The molecule has 0 radical (unpaired) electrons. The summed E-state index contributed by atoms with van der Waals surface area (Å²) in [6.07, 6.45) is -0.711. The molecular formula is C22H20Cl2N4O2S. The van der Waals surface area contributed by atoms with Crippen molar-refractivity contribution in [2.45, 2.75) is 32.8 Å². The molecule has 1 N–H and O–H groups in total. The minimum absolute atomic E-state index is 0.203. The molecular weight excluding hydrogens is 455 g/mol. The number of benzene rings is 2. The number of fused-ring (bicyclic) bond motifs is 1. The highest BCUT2D eigenvalue weighted by Crippen LogP contribution is 2.33. The van der Waals surface area contributed by atoms with E-state index in [0.29, 0.717) is 26.7 Å². The Kier molecular flexibility index (Phi) is 6.18. The maximum Gasteiger partial charge on any atom is 0.267 e. The number of nitrogens with zero attached hydrogens (tertiary/aromatic N) is 3. The van der Waals surface area contributed by atoms with Crippen LogP contribution >= 0.6 is 34.5 Å². The van der Waals surface area contributed by atoms with Gasteiger partial charge >= 0.3 is 0 Å². The maximum atomic E-state index is 12.6. The van der Waals surface area contributed by atoms with Gasteiger partial charge in [-0.2, -0.15) is 4.98 Å². The molecule has 2 aromatic carbocycles. The van der Waals surface area contributed by atoms with Crippen LogP contribution < -0.4 is 10.1 Å². The minimum atomic E-state index is -0.711. The van der Waals surface area contributed by atoms with Crippen LogP contribution in [0.2, 0.25) is 10.0 Å². The van der Waals surface area contributed by atoms with Gasteiger partial charge in [-0.15, -0.1) is 16.4 Å². The summed E-state index contributed by atoms with van der Waals surface area (Å²) >= 11 is 13.7. The smallest absolute Gasteiger partial charge is 0.267 e. The van der Waals surface area contributed by atoms with E-state index in [1.807, 2.05) is 35.7 Å². The molecule has 1 atom stereocenters. The van der Waals surface area contributed by atoms with Crippen molar-refractivity contribution in [3.63, 3.8) is 0 Å². The molecule has 0 aliphatic carbocycles. The van der Waals surface area contributed by atoms with Crippen LogP contribution in [-0.2, 0) is 4.79 Å². The summed E-state index contributed by atoms with van der Waals surface area (Å²) in [5.74, 6) is 0.930. The average Bonchev–Trinajstić information content (AvgIpc) is 3.29. The van der Waals surface area contributed by atoms with Gasteiger partial charge in [0.2, 0.25) is 4.96 Å². The highest BCUT2D eigenvalue weighted by molar-refractivity contribution is 7.15. The number of halogens is 2. The fourth-order valence-corrected chi connectivity index (χ4v) is 4.35. The molecule has 1 unspecified atom stereocenters. The normalized spacial score (nSPS) is 12.3. The van der Waals surface area contributed by atoms with Gasteiger partial charge in [-0.05, 0) is 48.7 Å². The molecule has 0 aliphatic rings. The third kappa shape index (κ3) is 4.69. The van der Waals surface area contributed by atoms with E-state index >= 15 is 0 Å². The van der Waals surface area contributed by atoms with Crippen molar-refractivity contribution in [3.8, 4) is 17.0 Å². The summed E-state index contributed by atoms with van der Waals surface area (Å²) in [7, 11) is 0. The Bertz CT molecular complexity index is 1230. The van der Waals surface area contributed by atoms with E-state index in [2.05, 4.69) is 29.2 Å². The molecule has 0 bridgehead atoms. The summed E-state index contributed by atoms with van der Waals surface area (Å²) in [4.78, 5) is 17.6. The summed E-state index contributed by atoms with van der Waals surface area (Å²) in [5, 5.41) is 10.1. The molecule has 4 aromatic rings. The fourth-order valence-electron chi connectivity index (χ4n) is 3.02. The van der Waals surface area contributed by atoms with Gasteiger partial charge in [-0.1, -0.05) is 49.2 Å². The first-order valence-electron chi connectivity index (χ1n) is 9.69. The van der Waals surface area contributed by atoms with E-state index in [1.54, 1.807) is 23.6 Å². The van der Waals surface area contributed by atoms with Gasteiger partial charge in [0, 0.05) is 16.0 Å². The summed E-state index contributed by atoms with van der Waals surface area (Å²) < 4.78 is 7.40. The Hall–Kier alpha value is -2.61. The second-order valence-electron chi connectivity index (χ2n) is 7.35. The van der Waals surface area contributed by atoms with Gasteiger partial charge in [0.1, 0.15) is 5.75 Å². The number of amides is 1. The summed E-state index contributed by atoms with van der Waals surface area (Å²) in [6, 6.07) is 13.0. The molecule has 6 nitrogen and oxygen atoms in total. The second kappa shape index (κ2) is 8.86. The van der Waals surface area contributed by atoms with Crippen molar-refractivity contribution in [2.24, 2.45) is 0 Å². The van der Waals surface area contributed by atoms with Crippen LogP contribution in [0.25, 0.3) is 16.2 Å². The number of anilines is 1. The minimum Gasteiger partial charge on any atom is -0.481 e. The lowest BCUT2D eigenvalue weighted by atomic mass is 10.0. The van der Waals surface area contributed by atoms with E-state index in [1.165, 1.54) is 16.9 Å². The van der Waals surface area contributed by atoms with Crippen LogP contribution in [0, 0.1) is 0 Å². The molecule has 4 rings (SSSR count). The molecule has 160 valence electrons. The van der Waals surface area contributed by atoms with E-state index in [-0.39, 0.29) is 11.9 Å². The molecule has 2 heterocycles. The first kappa shape index (κ1) is 21.6. The van der Waals surface area contributed by atoms with Crippen LogP contribution in [-0.4, -0.2) is 26.6 Å². The van der Waals surface area contributed by atoms with Crippen molar-refractivity contribution in [3.05, 3.63) is 63.5 Å². The first-order valence-corrected chi connectivity index (χ1v) is 11.3. The molecule has 31 heavy (non-hydrogen) atoms. The Morgan fingerprint density at radius 3 is 2.55 bits per heavy atom. The number of carbonyl (C=O) groups excluding carboxylic acids is 1. The van der Waals surface area contributed by atoms with Gasteiger partial charge in [0.15, 0.2) is 6.10 Å². The van der Waals surface area contributed by atoms with Crippen molar-refractivity contribution in [2.75, 3.05) is 5.32 Å². The Balaban J connectivity index is 1.48. The maximum absolute atomic E-state index is 12.6. The van der Waals surface area contributed by atoms with E-state index in [0.717, 1.165) is 11.3 Å². The van der Waals surface area contributed by atoms with E-state index < -0.39 is 6.10 Å². The number of carbonyl (C=O) groups is 1. The topological polar surface area (TPSA) is 68.5 Å². The number of ether oxygens (including phenoxy) is 1. The second-order valence-corrected chi connectivity index (χ2v) is 9.03. The first-order chi connectivity index (χ1) is 14.8. The molecule has 0 saturated heterocycles. The van der Waals surface area contributed by atoms with Crippen LogP contribution in [0.1, 0.15) is 32.3 Å². The number of thiazole rings is 1. The van der Waals surface area contributed by atoms with Crippen LogP contribution in [0.15, 0.2) is 47.8 Å². The van der Waals surface area contributed by atoms with Crippen LogP contribution in [0.3, 0.4) is 0 Å². The average molecular weight is 475 g/mol. The highest BCUT2D eigenvalue weighted by atomic mass is 35.5. The predicted octanol–water partition coefficient (Wildman–Crippen LogP) is 6.29. The van der Waals surface area contributed by atoms with Gasteiger partial charge in [0.25, 0.3) is 11.9 Å². The van der Waals surface area contributed by atoms with Crippen LogP contribution in [0.5, 0.6) is 5.75 Å². The number of aromatic nitrogens is 3. The lowest BCUT2D eigenvalue weighted by Crippen LogP contribution is -2.30. The molecule has 2 aromatic heterocycles. The highest BCUT2D eigenvalue weighted by Gasteiger charge is 2.19. The third-order valence-electron chi connectivity index (χ3n) is 4.75. The van der Waals surface area contributed by atoms with Gasteiger partial charge in [-0.3, -0.25) is 10.1 Å². The zero-order valence-corrected chi connectivity index (χ0v) is 19.4. The quantitative estimate of drug-likeness (QED) is 0.356. The largest absolute Gasteiger partial charge is 0.481 e. The molecule has 0 saturated carbocycles. The zero-order chi connectivity index (χ0) is 22.1. The van der Waals surface area contributed by atoms with Crippen molar-refractivity contribution in [1.82, 2.24) is 14.6 Å². The zero-order valence-electron chi connectivity index (χ0n) is 17.1. The van der Waals surface area contributed by atoms with Crippen molar-refractivity contribution < 1.29 is 9.53 Å². The molecule has 9 heteroatoms. The Morgan fingerprint density at radius 2 is 1.87 bits per heavy atom. The number of hydrogen-bond donors (Lipinski definition) is 1. The molecule has 0 fully saturated rings. The third-order valence-corrected chi connectivity index (χ3v) is 6.12. The lowest BCUT2D eigenvalue weighted by Gasteiger charge is -2.14. The Morgan fingerprint density at radius 1 is 1.13 bits per heavy atom. The number of rotatable bonds is 6. The molecule has 0 aliphatic heterocycles. The summed E-state index contributed by atoms with van der Waals surface area (Å²) in [6.45, 7) is 5.94. The number of hydrogen-bond acceptors (Lipinski definition) is 5. The fraction of sp³-hybridized carbons (Fsp3) is 0.227. The summed E-state index contributed by atoms with van der Waals surface area (Å²) in [5.41, 5.74) is 2.76. The predicted molar refractivity (Wildman–Crippen MR) is 126 cm³/mol. The number of nitrogens with one attached hydrogen (secondary N) is 1. The van der Waals surface area contributed by atoms with E-state index in [4.69, 9.17) is 27.9 Å². The molecule has 0 spiro atoms. The van der Waals surface area contributed by atoms with Gasteiger partial charge < -0.3 is 4.74 Å². The monoisotopic (exact) mass is 474 g/mol. The Labute approximate surface area is 193 Å². The van der Waals surface area contributed by atoms with Crippen molar-refractivity contribution >= 4 is 51.4 Å². The van der Waals surface area contributed by atoms with Gasteiger partial charge in [-0.25, -0.2) is 4.52 Å². The van der Waals surface area contributed by atoms with E-state index in [9.17, 15) is 4.79 Å². The molecule has 1 amide bonds. The lowest BCUT2D eigenvalue weighted by molar-refractivity contribution is -0.122. The van der Waals surface area contributed by atoms with Crippen LogP contribution in [0.4, 0.5) is 5.95 Å².